The number of nitrogens with one attached hydrogen (secondary N) is 2. The van der Waals surface area contributed by atoms with Gasteiger partial charge in [-0.25, -0.2) is 9.97 Å². The van der Waals surface area contributed by atoms with Gasteiger partial charge >= 0.3 is 0 Å². The van der Waals surface area contributed by atoms with Gasteiger partial charge in [-0.15, -0.1) is 6.42 Å². The van der Waals surface area contributed by atoms with Crippen molar-refractivity contribution < 1.29 is 14.0 Å². The van der Waals surface area contributed by atoms with E-state index in [-0.39, 0.29) is 37.1 Å². The van der Waals surface area contributed by atoms with Crippen molar-refractivity contribution in [2.45, 2.75) is 17.3 Å². The predicted molar refractivity (Wildman–Crippen MR) is 107 cm³/mol. The molecule has 0 aliphatic rings. The van der Waals surface area contributed by atoms with Crippen LogP contribution < -0.4 is 10.6 Å². The highest BCUT2D eigenvalue weighted by molar-refractivity contribution is 7.98. The second-order valence-electron chi connectivity index (χ2n) is 5.71. The quantitative estimate of drug-likeness (QED) is 0.346. The van der Waals surface area contributed by atoms with Crippen molar-refractivity contribution in [1.82, 2.24) is 20.6 Å². The first-order chi connectivity index (χ1) is 13.7. The average molecular weight is 394 g/mol. The van der Waals surface area contributed by atoms with Crippen LogP contribution in [0.15, 0.2) is 52.3 Å². The Kier molecular flexibility index (Phi) is 6.65. The molecule has 0 atom stereocenters. The number of thioether (sulfide) groups is 1. The van der Waals surface area contributed by atoms with Crippen LogP contribution >= 0.6 is 11.8 Å². The van der Waals surface area contributed by atoms with E-state index in [0.717, 1.165) is 10.9 Å². The van der Waals surface area contributed by atoms with Gasteiger partial charge in [-0.1, -0.05) is 35.9 Å². The molecule has 1 aromatic carbocycles. The molecule has 0 unspecified atom stereocenters. The molecule has 0 bridgehead atoms. The summed E-state index contributed by atoms with van der Waals surface area (Å²) in [4.78, 5) is 32.6. The van der Waals surface area contributed by atoms with Crippen molar-refractivity contribution in [2.75, 3.05) is 13.1 Å². The molecule has 2 amide bonds. The lowest BCUT2D eigenvalue weighted by atomic mass is 10.1. The predicted octanol–water partition coefficient (Wildman–Crippen LogP) is 2.38. The Bertz CT molecular complexity index is 1010. The molecule has 0 aliphatic carbocycles. The summed E-state index contributed by atoms with van der Waals surface area (Å²) >= 11 is 1.42. The normalized spacial score (nSPS) is 10.4. The zero-order chi connectivity index (χ0) is 19.8. The number of hydrogen-bond donors (Lipinski definition) is 2. The van der Waals surface area contributed by atoms with E-state index in [2.05, 4.69) is 26.5 Å². The summed E-state index contributed by atoms with van der Waals surface area (Å²) in [6, 6.07) is 9.20. The van der Waals surface area contributed by atoms with Crippen LogP contribution in [0.5, 0.6) is 0 Å². The smallest absolute Gasteiger partial charge is 0.287 e. The summed E-state index contributed by atoms with van der Waals surface area (Å²) in [6.45, 7) is 0.347. The van der Waals surface area contributed by atoms with Gasteiger partial charge in [0.05, 0.1) is 6.54 Å². The number of aromatic nitrogens is 2. The number of carbonyl (C=O) groups excluding carboxylic acids is 2. The zero-order valence-corrected chi connectivity index (χ0v) is 15.8. The minimum atomic E-state index is -0.370. The maximum atomic E-state index is 12.6. The number of rotatable bonds is 8. The molecule has 2 heterocycles. The molecule has 7 nitrogen and oxygen atoms in total. The first-order valence-electron chi connectivity index (χ1n) is 8.57. The molecule has 0 saturated carbocycles. The van der Waals surface area contributed by atoms with Crippen molar-refractivity contribution >= 4 is 34.5 Å². The highest BCUT2D eigenvalue weighted by Crippen LogP contribution is 2.30. The Hall–Kier alpha value is -3.31. The van der Waals surface area contributed by atoms with E-state index in [9.17, 15) is 9.59 Å². The molecule has 3 rings (SSSR count). The van der Waals surface area contributed by atoms with Crippen LogP contribution in [-0.4, -0.2) is 34.9 Å². The summed E-state index contributed by atoms with van der Waals surface area (Å²) in [5.74, 6) is 2.44. The average Bonchev–Trinajstić information content (AvgIpc) is 3.10. The first-order valence-corrected chi connectivity index (χ1v) is 9.56. The van der Waals surface area contributed by atoms with Gasteiger partial charge in [0.2, 0.25) is 5.91 Å². The number of fused-ring (bicyclic) bond motifs is 1. The Morgan fingerprint density at radius 3 is 2.71 bits per heavy atom. The topological polar surface area (TPSA) is 97.1 Å². The molecule has 8 heteroatoms. The first kappa shape index (κ1) is 19.5. The Morgan fingerprint density at radius 2 is 1.93 bits per heavy atom. The maximum Gasteiger partial charge on any atom is 0.287 e. The van der Waals surface area contributed by atoms with Gasteiger partial charge in [0, 0.05) is 42.1 Å². The van der Waals surface area contributed by atoms with Crippen molar-refractivity contribution in [3.05, 3.63) is 54.0 Å². The molecule has 0 aliphatic heterocycles. The molecule has 2 aromatic heterocycles. The second-order valence-corrected chi connectivity index (χ2v) is 6.66. The summed E-state index contributed by atoms with van der Waals surface area (Å²) in [5.41, 5.74) is 1.39. The van der Waals surface area contributed by atoms with Crippen LogP contribution in [-0.2, 0) is 10.5 Å². The van der Waals surface area contributed by atoms with Gasteiger partial charge in [0.1, 0.15) is 5.58 Å². The van der Waals surface area contributed by atoms with E-state index < -0.39 is 0 Å². The van der Waals surface area contributed by atoms with E-state index in [1.807, 2.05) is 24.3 Å². The number of para-hydroxylation sites is 1. The number of terminal acetylenes is 1. The lowest BCUT2D eigenvalue weighted by molar-refractivity contribution is -0.120. The number of benzene rings is 1. The lowest BCUT2D eigenvalue weighted by Gasteiger charge is -2.05. The van der Waals surface area contributed by atoms with Crippen LogP contribution in [0.25, 0.3) is 11.0 Å². The lowest BCUT2D eigenvalue weighted by Crippen LogP contribution is -2.31. The highest BCUT2D eigenvalue weighted by atomic mass is 32.2. The minimum absolute atomic E-state index is 0.135. The number of hydrogen-bond acceptors (Lipinski definition) is 6. The fraction of sp³-hybridized carbons (Fsp3) is 0.200. The Balaban J connectivity index is 1.71. The van der Waals surface area contributed by atoms with E-state index in [0.29, 0.717) is 16.5 Å². The van der Waals surface area contributed by atoms with Crippen molar-refractivity contribution in [1.29, 1.82) is 0 Å². The number of nitrogens with zero attached hydrogens (tertiary/aromatic N) is 2. The number of furan rings is 1. The summed E-state index contributed by atoms with van der Waals surface area (Å²) in [5, 5.41) is 6.75. The van der Waals surface area contributed by atoms with Gasteiger partial charge in [-0.05, 0) is 12.1 Å². The number of carbonyl (C=O) groups is 2. The molecule has 0 fully saturated rings. The minimum Gasteiger partial charge on any atom is -0.451 e. The van der Waals surface area contributed by atoms with Crippen LogP contribution in [0.3, 0.4) is 0 Å². The van der Waals surface area contributed by atoms with Crippen LogP contribution in [0.4, 0.5) is 0 Å². The summed E-state index contributed by atoms with van der Waals surface area (Å²) in [6.07, 6.45) is 8.57. The van der Waals surface area contributed by atoms with E-state index in [1.54, 1.807) is 18.5 Å². The van der Waals surface area contributed by atoms with Crippen molar-refractivity contribution in [2.24, 2.45) is 0 Å². The maximum absolute atomic E-state index is 12.6. The third-order valence-corrected chi connectivity index (χ3v) is 4.72. The van der Waals surface area contributed by atoms with Gasteiger partial charge in [-0.2, -0.15) is 0 Å². The molecule has 142 valence electrons. The monoisotopic (exact) mass is 394 g/mol. The van der Waals surface area contributed by atoms with E-state index in [1.165, 1.54) is 11.8 Å². The van der Waals surface area contributed by atoms with Gasteiger partial charge < -0.3 is 15.1 Å². The molecule has 0 spiro atoms. The fourth-order valence-corrected chi connectivity index (χ4v) is 3.36. The summed E-state index contributed by atoms with van der Waals surface area (Å²) in [7, 11) is 0. The summed E-state index contributed by atoms with van der Waals surface area (Å²) < 4.78 is 5.78. The standard InChI is InChI=1S/C20H18N4O3S/c1-2-9-21-17(25)8-12-22-19(26)18-15(13-28-20-23-10-5-11-24-20)14-6-3-4-7-16(14)27-18/h1,3-7,10-11H,8-9,12-13H2,(H,21,25)(H,22,26). The van der Waals surface area contributed by atoms with Crippen LogP contribution in [0.2, 0.25) is 0 Å². The largest absolute Gasteiger partial charge is 0.451 e. The molecule has 0 saturated heterocycles. The number of amides is 2. The van der Waals surface area contributed by atoms with E-state index >= 15 is 0 Å². The van der Waals surface area contributed by atoms with Crippen molar-refractivity contribution in [3.8, 4) is 12.3 Å². The van der Waals surface area contributed by atoms with E-state index in [4.69, 9.17) is 10.8 Å². The molecular formula is C20H18N4O3S. The zero-order valence-electron chi connectivity index (χ0n) is 15.0. The van der Waals surface area contributed by atoms with Crippen molar-refractivity contribution in [3.63, 3.8) is 0 Å². The Labute approximate surface area is 166 Å². The van der Waals surface area contributed by atoms with Gasteiger partial charge in [0.25, 0.3) is 5.91 Å². The third kappa shape index (κ3) is 4.90. The molecule has 28 heavy (non-hydrogen) atoms. The molecule has 3 aromatic rings. The second kappa shape index (κ2) is 9.58. The van der Waals surface area contributed by atoms with Gasteiger partial charge in [-0.3, -0.25) is 9.59 Å². The molecule has 0 radical (unpaired) electrons. The SMILES string of the molecule is C#CCNC(=O)CCNC(=O)c1oc2ccccc2c1CSc1ncccn1. The molecule has 2 N–H and O–H groups in total. The van der Waals surface area contributed by atoms with Crippen LogP contribution in [0, 0.1) is 12.3 Å². The Morgan fingerprint density at radius 1 is 1.14 bits per heavy atom. The highest BCUT2D eigenvalue weighted by Gasteiger charge is 2.20. The fourth-order valence-electron chi connectivity index (χ4n) is 2.53. The molecular weight excluding hydrogens is 376 g/mol. The van der Waals surface area contributed by atoms with Crippen LogP contribution in [0.1, 0.15) is 22.5 Å². The van der Waals surface area contributed by atoms with Gasteiger partial charge in [0.15, 0.2) is 10.9 Å². The third-order valence-electron chi connectivity index (χ3n) is 3.82.